The Hall–Kier alpha value is -3.67. The minimum atomic E-state index is -2.97. The molecule has 2 rings (SSSR count). The number of hydrazone groups is 1. The van der Waals surface area contributed by atoms with E-state index in [1.165, 1.54) is 24.4 Å². The molecule has 0 radical (unpaired) electrons. The summed E-state index contributed by atoms with van der Waals surface area (Å²) in [5.41, 5.74) is 3.08. The predicted octanol–water partition coefficient (Wildman–Crippen LogP) is 3.09. The quantitative estimate of drug-likeness (QED) is 0.526. The van der Waals surface area contributed by atoms with Crippen molar-refractivity contribution in [2.45, 2.75) is 13.5 Å². The van der Waals surface area contributed by atoms with E-state index < -0.39 is 12.5 Å². The molecule has 0 unspecified atom stereocenters. The van der Waals surface area contributed by atoms with Gasteiger partial charge in [0.1, 0.15) is 11.8 Å². The van der Waals surface area contributed by atoms with Crippen molar-refractivity contribution in [1.29, 1.82) is 5.26 Å². The van der Waals surface area contributed by atoms with Crippen molar-refractivity contribution in [3.63, 3.8) is 0 Å². The molecule has 0 aromatic heterocycles. The van der Waals surface area contributed by atoms with Gasteiger partial charge in [0.15, 0.2) is 18.1 Å². The molecule has 28 heavy (non-hydrogen) atoms. The summed E-state index contributed by atoms with van der Waals surface area (Å²) in [5, 5.41) is 12.7. The molecule has 0 fully saturated rings. The Balaban J connectivity index is 1.93. The molecule has 0 aliphatic carbocycles. The summed E-state index contributed by atoms with van der Waals surface area (Å²) in [6.45, 7) is -1.33. The van der Waals surface area contributed by atoms with Crippen LogP contribution in [-0.4, -0.2) is 31.9 Å². The smallest absolute Gasteiger partial charge is 0.387 e. The highest BCUT2D eigenvalue weighted by Gasteiger charge is 2.11. The van der Waals surface area contributed by atoms with Crippen LogP contribution >= 0.6 is 0 Å². The summed E-state index contributed by atoms with van der Waals surface area (Å²) < 4.78 is 39.7. The Morgan fingerprint density at radius 1 is 1.21 bits per heavy atom. The third-order valence-electron chi connectivity index (χ3n) is 3.25. The van der Waals surface area contributed by atoms with Crippen LogP contribution in [0.15, 0.2) is 47.6 Å². The highest BCUT2D eigenvalue weighted by molar-refractivity contribution is 5.83. The number of nitriles is 1. The maximum atomic E-state index is 12.4. The third-order valence-corrected chi connectivity index (χ3v) is 3.25. The Kier molecular flexibility index (Phi) is 7.72. The molecule has 0 saturated carbocycles. The maximum absolute atomic E-state index is 12.4. The molecular weight excluding hydrogens is 372 g/mol. The van der Waals surface area contributed by atoms with E-state index in [-0.39, 0.29) is 24.7 Å². The second-order valence-corrected chi connectivity index (χ2v) is 5.21. The van der Waals surface area contributed by atoms with Crippen LogP contribution < -0.4 is 19.6 Å². The van der Waals surface area contributed by atoms with Crippen LogP contribution in [0.1, 0.15) is 18.1 Å². The summed E-state index contributed by atoms with van der Waals surface area (Å²) in [5.74, 6) is -0.205. The van der Waals surface area contributed by atoms with Crippen molar-refractivity contribution < 1.29 is 27.8 Å². The monoisotopic (exact) mass is 389 g/mol. The van der Waals surface area contributed by atoms with E-state index in [0.717, 1.165) is 0 Å². The second kappa shape index (κ2) is 10.5. The van der Waals surface area contributed by atoms with Gasteiger partial charge in [0, 0.05) is 0 Å². The Morgan fingerprint density at radius 3 is 2.71 bits per heavy atom. The SMILES string of the molecule is CCOc1cc(/C=N\NC(=O)COc2ccccc2C#N)ccc1OC(F)F. The molecule has 0 atom stereocenters. The number of para-hydroxylation sites is 1. The van der Waals surface area contributed by atoms with Crippen LogP contribution in [0.3, 0.4) is 0 Å². The minimum absolute atomic E-state index is 0.0948. The topological polar surface area (TPSA) is 92.9 Å². The normalized spacial score (nSPS) is 10.5. The molecule has 1 N–H and O–H groups in total. The number of benzene rings is 2. The number of hydrogen-bond donors (Lipinski definition) is 1. The first-order valence-corrected chi connectivity index (χ1v) is 8.19. The zero-order valence-corrected chi connectivity index (χ0v) is 14.9. The van der Waals surface area contributed by atoms with Crippen LogP contribution in [0.25, 0.3) is 0 Å². The average molecular weight is 389 g/mol. The van der Waals surface area contributed by atoms with Crippen molar-refractivity contribution in [2.24, 2.45) is 5.10 Å². The molecule has 9 heteroatoms. The van der Waals surface area contributed by atoms with E-state index in [4.69, 9.17) is 14.7 Å². The van der Waals surface area contributed by atoms with Crippen LogP contribution in [0, 0.1) is 11.3 Å². The van der Waals surface area contributed by atoms with Crippen LogP contribution in [0.2, 0.25) is 0 Å². The number of ether oxygens (including phenoxy) is 3. The van der Waals surface area contributed by atoms with Crippen molar-refractivity contribution in [2.75, 3.05) is 13.2 Å². The maximum Gasteiger partial charge on any atom is 0.387 e. The van der Waals surface area contributed by atoms with E-state index in [9.17, 15) is 13.6 Å². The number of rotatable bonds is 9. The second-order valence-electron chi connectivity index (χ2n) is 5.21. The molecule has 2 aromatic rings. The van der Waals surface area contributed by atoms with Crippen molar-refractivity contribution >= 4 is 12.1 Å². The van der Waals surface area contributed by atoms with E-state index in [0.29, 0.717) is 16.9 Å². The molecule has 0 bridgehead atoms. The number of amides is 1. The van der Waals surface area contributed by atoms with Crippen molar-refractivity contribution in [1.82, 2.24) is 5.43 Å². The number of halogens is 2. The first-order chi connectivity index (χ1) is 13.5. The third kappa shape index (κ3) is 6.25. The lowest BCUT2D eigenvalue weighted by Crippen LogP contribution is -2.24. The molecule has 2 aromatic carbocycles. The van der Waals surface area contributed by atoms with Crippen LogP contribution in [0.5, 0.6) is 17.2 Å². The van der Waals surface area contributed by atoms with E-state index in [1.807, 2.05) is 6.07 Å². The Morgan fingerprint density at radius 2 is 2.00 bits per heavy atom. The number of carbonyl (C=O) groups is 1. The highest BCUT2D eigenvalue weighted by atomic mass is 19.3. The van der Waals surface area contributed by atoms with Crippen molar-refractivity contribution in [3.8, 4) is 23.3 Å². The lowest BCUT2D eigenvalue weighted by atomic mass is 10.2. The first kappa shape index (κ1) is 20.6. The van der Waals surface area contributed by atoms with Gasteiger partial charge in [-0.2, -0.15) is 19.1 Å². The fraction of sp³-hybridized carbons (Fsp3) is 0.211. The van der Waals surface area contributed by atoms with Gasteiger partial charge in [-0.3, -0.25) is 4.79 Å². The summed E-state index contributed by atoms with van der Waals surface area (Å²) in [7, 11) is 0. The molecule has 0 aliphatic heterocycles. The molecule has 146 valence electrons. The molecule has 1 amide bonds. The predicted molar refractivity (Wildman–Crippen MR) is 96.6 cm³/mol. The highest BCUT2D eigenvalue weighted by Crippen LogP contribution is 2.29. The molecule has 0 saturated heterocycles. The summed E-state index contributed by atoms with van der Waals surface area (Å²) in [4.78, 5) is 11.8. The zero-order chi connectivity index (χ0) is 20.4. The van der Waals surface area contributed by atoms with Gasteiger partial charge in [0.05, 0.1) is 18.4 Å². The largest absolute Gasteiger partial charge is 0.490 e. The number of alkyl halides is 2. The average Bonchev–Trinajstić information content (AvgIpc) is 2.68. The Labute approximate surface area is 160 Å². The van der Waals surface area contributed by atoms with Gasteiger partial charge in [-0.1, -0.05) is 12.1 Å². The van der Waals surface area contributed by atoms with Gasteiger partial charge in [0.25, 0.3) is 5.91 Å². The zero-order valence-electron chi connectivity index (χ0n) is 14.9. The molecular formula is C19H17F2N3O4. The van der Waals surface area contributed by atoms with E-state index >= 15 is 0 Å². The number of hydrogen-bond acceptors (Lipinski definition) is 6. The Bertz CT molecular complexity index is 882. The fourth-order valence-corrected chi connectivity index (χ4v) is 2.11. The van der Waals surface area contributed by atoms with Gasteiger partial charge in [-0.15, -0.1) is 0 Å². The first-order valence-electron chi connectivity index (χ1n) is 8.19. The fourth-order valence-electron chi connectivity index (χ4n) is 2.11. The molecule has 7 nitrogen and oxygen atoms in total. The standard InChI is InChI=1S/C19H17F2N3O4/c1-2-26-17-9-13(7-8-16(17)28-19(20)21)11-23-24-18(25)12-27-15-6-4-3-5-14(15)10-22/h3-9,11,19H,2,12H2,1H3,(H,24,25)/b23-11-. The summed E-state index contributed by atoms with van der Waals surface area (Å²) in [6, 6.07) is 12.7. The van der Waals surface area contributed by atoms with Gasteiger partial charge in [0.2, 0.25) is 0 Å². The van der Waals surface area contributed by atoms with Crippen LogP contribution in [0.4, 0.5) is 8.78 Å². The summed E-state index contributed by atoms with van der Waals surface area (Å²) >= 11 is 0. The van der Waals surface area contributed by atoms with Gasteiger partial charge < -0.3 is 14.2 Å². The molecule has 0 spiro atoms. The lowest BCUT2D eigenvalue weighted by Gasteiger charge is -2.11. The minimum Gasteiger partial charge on any atom is -0.490 e. The van der Waals surface area contributed by atoms with Gasteiger partial charge in [-0.05, 0) is 42.8 Å². The van der Waals surface area contributed by atoms with E-state index in [1.54, 1.807) is 31.2 Å². The lowest BCUT2D eigenvalue weighted by molar-refractivity contribution is -0.123. The van der Waals surface area contributed by atoms with Crippen molar-refractivity contribution in [3.05, 3.63) is 53.6 Å². The number of nitrogens with zero attached hydrogens (tertiary/aromatic N) is 2. The number of nitrogens with one attached hydrogen (secondary N) is 1. The number of carbonyl (C=O) groups excluding carboxylic acids is 1. The van der Waals surface area contributed by atoms with E-state index in [2.05, 4.69) is 15.3 Å². The van der Waals surface area contributed by atoms with Gasteiger partial charge in [-0.25, -0.2) is 5.43 Å². The van der Waals surface area contributed by atoms with Gasteiger partial charge >= 0.3 is 6.61 Å². The molecule has 0 heterocycles. The van der Waals surface area contributed by atoms with Crippen LogP contribution in [-0.2, 0) is 4.79 Å². The molecule has 0 aliphatic rings. The summed E-state index contributed by atoms with van der Waals surface area (Å²) in [6.07, 6.45) is 1.32.